The summed E-state index contributed by atoms with van der Waals surface area (Å²) in [5, 5.41) is 3.42. The van der Waals surface area contributed by atoms with Crippen LogP contribution in [-0.2, 0) is 9.53 Å². The Hall–Kier alpha value is -2.12. The minimum Gasteiger partial charge on any atom is -0.446 e. The van der Waals surface area contributed by atoms with Crippen molar-refractivity contribution in [3.8, 4) is 0 Å². The number of nitrogens with one attached hydrogen (secondary N) is 1. The lowest BCUT2D eigenvalue weighted by Crippen LogP contribution is -2.51. The normalized spacial score (nSPS) is 17.7. The number of carbonyl (C=O) groups excluding carboxylic acids is 2. The monoisotopic (exact) mass is 390 g/mol. The van der Waals surface area contributed by atoms with Crippen molar-refractivity contribution in [1.82, 2.24) is 5.32 Å². The van der Waals surface area contributed by atoms with Gasteiger partial charge in [0.25, 0.3) is 0 Å². The lowest BCUT2D eigenvalue weighted by atomic mass is 9.96. The second-order valence-corrected chi connectivity index (χ2v) is 8.02. The van der Waals surface area contributed by atoms with Gasteiger partial charge in [-0.3, -0.25) is 9.69 Å². The minimum absolute atomic E-state index is 0.0461. The summed E-state index contributed by atoms with van der Waals surface area (Å²) in [6, 6.07) is 6.10. The molecule has 1 heterocycles. The van der Waals surface area contributed by atoms with Crippen LogP contribution >= 0.6 is 0 Å². The van der Waals surface area contributed by atoms with Gasteiger partial charge in [-0.05, 0) is 38.5 Å². The molecule has 156 valence electrons. The summed E-state index contributed by atoms with van der Waals surface area (Å²) >= 11 is 0. The zero-order valence-electron chi connectivity index (χ0n) is 17.9. The zero-order chi connectivity index (χ0) is 21.0. The van der Waals surface area contributed by atoms with Crippen LogP contribution in [0.25, 0.3) is 0 Å². The zero-order valence-corrected chi connectivity index (χ0v) is 17.9. The molecule has 2 amide bonds. The smallest absolute Gasteiger partial charge is 0.414 e. The van der Waals surface area contributed by atoms with Gasteiger partial charge in [-0.25, -0.2) is 4.79 Å². The Morgan fingerprint density at radius 3 is 2.46 bits per heavy atom. The summed E-state index contributed by atoms with van der Waals surface area (Å²) < 4.78 is 5.44. The maximum Gasteiger partial charge on any atom is 0.414 e. The number of amides is 2. The predicted molar refractivity (Wildman–Crippen MR) is 113 cm³/mol. The highest BCUT2D eigenvalue weighted by Crippen LogP contribution is 2.38. The molecule has 0 aromatic heterocycles. The highest BCUT2D eigenvalue weighted by molar-refractivity contribution is 6.02. The fourth-order valence-electron chi connectivity index (χ4n) is 3.53. The Morgan fingerprint density at radius 2 is 1.93 bits per heavy atom. The molecule has 0 radical (unpaired) electrons. The van der Waals surface area contributed by atoms with E-state index in [4.69, 9.17) is 10.5 Å². The van der Waals surface area contributed by atoms with Crippen LogP contribution in [0.15, 0.2) is 18.2 Å². The Balaban J connectivity index is 2.46. The Bertz CT molecular complexity index is 705. The Morgan fingerprint density at radius 1 is 1.25 bits per heavy atom. The number of carbonyl (C=O) groups is 2. The van der Waals surface area contributed by atoms with Gasteiger partial charge in [0.15, 0.2) is 0 Å². The summed E-state index contributed by atoms with van der Waals surface area (Å²) in [6.45, 7) is 12.9. The summed E-state index contributed by atoms with van der Waals surface area (Å²) in [7, 11) is 0. The average Bonchev–Trinajstić information content (AvgIpc) is 2.60. The SMILES string of the molecule is CC(=O)N1c2ccc(C(CN)CNC(C)C)cc2N(C(=O)OC(C)C)C[C@@H]1C. The van der Waals surface area contributed by atoms with Crippen LogP contribution in [0.2, 0.25) is 0 Å². The molecule has 0 saturated heterocycles. The number of nitrogens with zero attached hydrogens (tertiary/aromatic N) is 2. The first-order valence-electron chi connectivity index (χ1n) is 10.0. The fraction of sp³-hybridized carbons (Fsp3) is 0.619. The molecular weight excluding hydrogens is 356 g/mol. The number of benzene rings is 1. The predicted octanol–water partition coefficient (Wildman–Crippen LogP) is 2.83. The largest absolute Gasteiger partial charge is 0.446 e. The molecule has 1 aromatic carbocycles. The summed E-state index contributed by atoms with van der Waals surface area (Å²) in [6.07, 6.45) is -0.611. The van der Waals surface area contributed by atoms with E-state index in [1.165, 1.54) is 0 Å². The Labute approximate surface area is 168 Å². The Kier molecular flexibility index (Phi) is 7.43. The number of hydrogen-bond donors (Lipinski definition) is 2. The van der Waals surface area contributed by atoms with Gasteiger partial charge in [0.2, 0.25) is 5.91 Å². The first-order valence-corrected chi connectivity index (χ1v) is 10.0. The van der Waals surface area contributed by atoms with Crippen LogP contribution in [0.5, 0.6) is 0 Å². The third-order valence-corrected chi connectivity index (χ3v) is 4.86. The van der Waals surface area contributed by atoms with Crippen molar-refractivity contribution in [2.75, 3.05) is 29.4 Å². The van der Waals surface area contributed by atoms with E-state index in [0.717, 1.165) is 17.8 Å². The number of anilines is 2. The van der Waals surface area contributed by atoms with Crippen molar-refractivity contribution in [1.29, 1.82) is 0 Å². The van der Waals surface area contributed by atoms with Crippen molar-refractivity contribution in [2.45, 2.75) is 65.6 Å². The summed E-state index contributed by atoms with van der Waals surface area (Å²) in [5.41, 5.74) is 8.47. The minimum atomic E-state index is -0.395. The molecule has 0 fully saturated rings. The van der Waals surface area contributed by atoms with Crippen LogP contribution in [0.3, 0.4) is 0 Å². The summed E-state index contributed by atoms with van der Waals surface area (Å²) in [4.78, 5) is 28.3. The van der Waals surface area contributed by atoms with E-state index >= 15 is 0 Å². The molecule has 1 aliphatic rings. The first kappa shape index (κ1) is 22.2. The molecule has 3 N–H and O–H groups in total. The van der Waals surface area contributed by atoms with E-state index in [0.29, 0.717) is 24.8 Å². The molecular formula is C21H34N4O3. The number of hydrogen-bond acceptors (Lipinski definition) is 5. The highest BCUT2D eigenvalue weighted by Gasteiger charge is 2.35. The van der Waals surface area contributed by atoms with Crippen LogP contribution in [0.1, 0.15) is 53.0 Å². The molecule has 1 aliphatic heterocycles. The van der Waals surface area contributed by atoms with Crippen LogP contribution in [0, 0.1) is 0 Å². The molecule has 2 rings (SSSR count). The summed E-state index contributed by atoms with van der Waals surface area (Å²) in [5.74, 6) is 0.0658. The number of ether oxygens (including phenoxy) is 1. The lowest BCUT2D eigenvalue weighted by Gasteiger charge is -2.40. The molecule has 2 atom stereocenters. The van der Waals surface area contributed by atoms with Gasteiger partial charge >= 0.3 is 6.09 Å². The number of rotatable bonds is 6. The first-order chi connectivity index (χ1) is 13.1. The van der Waals surface area contributed by atoms with E-state index in [9.17, 15) is 9.59 Å². The standard InChI is InChI=1S/C21H34N4O3/c1-13(2)23-11-18(10-22)17-7-8-19-20(9-17)24(21(27)28-14(3)4)12-15(5)25(19)16(6)26/h7-9,13-15,18,23H,10-12,22H2,1-6H3/t15-,18?/m0/s1. The fourth-order valence-corrected chi connectivity index (χ4v) is 3.53. The molecule has 28 heavy (non-hydrogen) atoms. The van der Waals surface area contributed by atoms with Gasteiger partial charge in [-0.15, -0.1) is 0 Å². The van der Waals surface area contributed by atoms with E-state index in [2.05, 4.69) is 19.2 Å². The van der Waals surface area contributed by atoms with Crippen LogP contribution in [-0.4, -0.2) is 49.8 Å². The van der Waals surface area contributed by atoms with Crippen molar-refractivity contribution < 1.29 is 14.3 Å². The topological polar surface area (TPSA) is 87.9 Å². The van der Waals surface area contributed by atoms with Crippen molar-refractivity contribution >= 4 is 23.4 Å². The molecule has 0 bridgehead atoms. The third kappa shape index (κ3) is 5.02. The van der Waals surface area contributed by atoms with Crippen molar-refractivity contribution in [2.24, 2.45) is 5.73 Å². The van der Waals surface area contributed by atoms with E-state index in [1.54, 1.807) is 16.7 Å². The van der Waals surface area contributed by atoms with E-state index in [-0.39, 0.29) is 24.0 Å². The van der Waals surface area contributed by atoms with Gasteiger partial charge in [-0.1, -0.05) is 19.9 Å². The molecule has 1 aromatic rings. The highest BCUT2D eigenvalue weighted by atomic mass is 16.6. The molecule has 0 aliphatic carbocycles. The van der Waals surface area contributed by atoms with Gasteiger partial charge in [0.05, 0.1) is 23.5 Å². The van der Waals surface area contributed by atoms with Gasteiger partial charge in [-0.2, -0.15) is 0 Å². The van der Waals surface area contributed by atoms with E-state index in [1.807, 2.05) is 39.0 Å². The van der Waals surface area contributed by atoms with Gasteiger partial charge < -0.3 is 20.7 Å². The van der Waals surface area contributed by atoms with Gasteiger partial charge in [0.1, 0.15) is 0 Å². The molecule has 1 unspecified atom stereocenters. The second-order valence-electron chi connectivity index (χ2n) is 8.02. The van der Waals surface area contributed by atoms with E-state index < -0.39 is 6.09 Å². The molecule has 0 saturated carbocycles. The molecule has 7 nitrogen and oxygen atoms in total. The molecule has 7 heteroatoms. The average molecular weight is 391 g/mol. The number of nitrogens with two attached hydrogens (primary N) is 1. The van der Waals surface area contributed by atoms with Crippen molar-refractivity contribution in [3.63, 3.8) is 0 Å². The maximum atomic E-state index is 12.7. The van der Waals surface area contributed by atoms with Crippen LogP contribution in [0.4, 0.5) is 16.2 Å². The van der Waals surface area contributed by atoms with Gasteiger partial charge in [0, 0.05) is 38.5 Å². The maximum absolute atomic E-state index is 12.7. The second kappa shape index (κ2) is 9.39. The number of fused-ring (bicyclic) bond motifs is 1. The van der Waals surface area contributed by atoms with Crippen molar-refractivity contribution in [3.05, 3.63) is 23.8 Å². The third-order valence-electron chi connectivity index (χ3n) is 4.86. The quantitative estimate of drug-likeness (QED) is 0.780. The molecule has 0 spiro atoms. The lowest BCUT2D eigenvalue weighted by molar-refractivity contribution is -0.117. The van der Waals surface area contributed by atoms with Crippen LogP contribution < -0.4 is 20.9 Å².